The van der Waals surface area contributed by atoms with Crippen LogP contribution in [0.3, 0.4) is 0 Å². The van der Waals surface area contributed by atoms with Crippen molar-refractivity contribution in [2.75, 3.05) is 11.9 Å². The van der Waals surface area contributed by atoms with E-state index in [4.69, 9.17) is 11.6 Å². The summed E-state index contributed by atoms with van der Waals surface area (Å²) in [5, 5.41) is 12.8. The van der Waals surface area contributed by atoms with Crippen molar-refractivity contribution in [1.29, 1.82) is 0 Å². The lowest BCUT2D eigenvalue weighted by Gasteiger charge is -2.17. The smallest absolute Gasteiger partial charge is 0.233 e. The molecule has 1 fully saturated rings. The molecule has 3 amide bonds. The first kappa shape index (κ1) is 16.5. The van der Waals surface area contributed by atoms with E-state index in [0.29, 0.717) is 23.6 Å². The molecule has 0 saturated carbocycles. The first-order valence-corrected chi connectivity index (χ1v) is 8.12. The number of hydrogen-bond acceptors (Lipinski definition) is 4. The van der Waals surface area contributed by atoms with E-state index < -0.39 is 5.92 Å². The number of aromatic hydroxyl groups is 1. The monoisotopic (exact) mass is 348 g/mol. The lowest BCUT2D eigenvalue weighted by molar-refractivity contribution is -0.140. The minimum absolute atomic E-state index is 0.0214. The normalized spacial score (nSPS) is 23.0. The van der Waals surface area contributed by atoms with Crippen LogP contribution in [0.2, 0.25) is 0 Å². The van der Waals surface area contributed by atoms with E-state index in [0.717, 1.165) is 4.90 Å². The summed E-state index contributed by atoms with van der Waals surface area (Å²) >= 11 is 5.97. The molecule has 0 aromatic heterocycles. The zero-order valence-electron chi connectivity index (χ0n) is 12.9. The molecule has 1 aromatic carbocycles. The van der Waals surface area contributed by atoms with Crippen LogP contribution in [0, 0.1) is 11.8 Å². The standard InChI is InChI=1S/C17H17ClN2O4/c18-10-5-6-11-12(9-10)17(24)20(16(11)23)8-7-15(22)19-13-3-1-2-4-14(13)21/h1-5,11-12,21H,6-9H2,(H,19,22)/t11-,12+/m1/s1. The maximum atomic E-state index is 12.4. The van der Waals surface area contributed by atoms with Crippen LogP contribution < -0.4 is 5.32 Å². The quantitative estimate of drug-likeness (QED) is 0.645. The first-order valence-electron chi connectivity index (χ1n) is 7.75. The average Bonchev–Trinajstić information content (AvgIpc) is 2.78. The summed E-state index contributed by atoms with van der Waals surface area (Å²) in [5.74, 6) is -1.67. The fourth-order valence-corrected chi connectivity index (χ4v) is 3.38. The van der Waals surface area contributed by atoms with Crippen LogP contribution in [0.1, 0.15) is 19.3 Å². The number of rotatable bonds is 4. The van der Waals surface area contributed by atoms with E-state index in [9.17, 15) is 19.5 Å². The zero-order chi connectivity index (χ0) is 17.3. The molecule has 1 aromatic rings. The number of benzene rings is 1. The third kappa shape index (κ3) is 3.14. The summed E-state index contributed by atoms with van der Waals surface area (Å²) in [7, 11) is 0. The van der Waals surface area contributed by atoms with Gasteiger partial charge in [0.2, 0.25) is 17.7 Å². The van der Waals surface area contributed by atoms with Crippen LogP contribution in [-0.2, 0) is 14.4 Å². The number of allylic oxidation sites excluding steroid dienone is 2. The Morgan fingerprint density at radius 1 is 1.25 bits per heavy atom. The Labute approximate surface area is 144 Å². The highest BCUT2D eigenvalue weighted by Gasteiger charge is 2.48. The summed E-state index contributed by atoms with van der Waals surface area (Å²) in [6.45, 7) is 0.0295. The number of para-hydroxylation sites is 2. The van der Waals surface area contributed by atoms with Crippen LogP contribution in [0.15, 0.2) is 35.4 Å². The number of anilines is 1. The second-order valence-electron chi connectivity index (χ2n) is 5.95. The molecule has 1 aliphatic carbocycles. The van der Waals surface area contributed by atoms with Crippen molar-refractivity contribution in [2.24, 2.45) is 11.8 Å². The molecule has 3 rings (SSSR count). The highest BCUT2D eigenvalue weighted by Crippen LogP contribution is 2.38. The second kappa shape index (κ2) is 6.65. The molecule has 1 heterocycles. The number of imide groups is 1. The van der Waals surface area contributed by atoms with Gasteiger partial charge in [-0.3, -0.25) is 19.3 Å². The lowest BCUT2D eigenvalue weighted by Crippen LogP contribution is -2.34. The summed E-state index contributed by atoms with van der Waals surface area (Å²) in [6, 6.07) is 6.37. The molecule has 1 aliphatic heterocycles. The SMILES string of the molecule is O=C(CCN1C(=O)[C@H]2CC(Cl)=CC[C@H]2C1=O)Nc1ccccc1O. The topological polar surface area (TPSA) is 86.7 Å². The Hall–Kier alpha value is -2.34. The maximum Gasteiger partial charge on any atom is 0.233 e. The van der Waals surface area contributed by atoms with E-state index in [1.54, 1.807) is 24.3 Å². The van der Waals surface area contributed by atoms with Gasteiger partial charge in [-0.2, -0.15) is 0 Å². The molecule has 0 unspecified atom stereocenters. The van der Waals surface area contributed by atoms with Gasteiger partial charge in [0, 0.05) is 18.0 Å². The highest BCUT2D eigenvalue weighted by atomic mass is 35.5. The van der Waals surface area contributed by atoms with Gasteiger partial charge in [-0.25, -0.2) is 0 Å². The fraction of sp³-hybridized carbons (Fsp3) is 0.353. The summed E-state index contributed by atoms with van der Waals surface area (Å²) < 4.78 is 0. The molecule has 7 heteroatoms. The average molecular weight is 349 g/mol. The van der Waals surface area contributed by atoms with Crippen LogP contribution in [0.25, 0.3) is 0 Å². The van der Waals surface area contributed by atoms with E-state index in [-0.39, 0.29) is 42.4 Å². The van der Waals surface area contributed by atoms with Crippen molar-refractivity contribution in [3.05, 3.63) is 35.4 Å². The number of halogens is 1. The van der Waals surface area contributed by atoms with Crippen LogP contribution in [0.4, 0.5) is 5.69 Å². The molecule has 2 aliphatic rings. The van der Waals surface area contributed by atoms with Gasteiger partial charge in [-0.1, -0.05) is 29.8 Å². The Bertz CT molecular complexity index is 731. The molecule has 0 bridgehead atoms. The number of hydrogen-bond donors (Lipinski definition) is 2. The van der Waals surface area contributed by atoms with Crippen molar-refractivity contribution in [2.45, 2.75) is 19.3 Å². The van der Waals surface area contributed by atoms with E-state index in [1.807, 2.05) is 0 Å². The second-order valence-corrected chi connectivity index (χ2v) is 6.43. The van der Waals surface area contributed by atoms with E-state index >= 15 is 0 Å². The van der Waals surface area contributed by atoms with Gasteiger partial charge in [0.05, 0.1) is 17.5 Å². The van der Waals surface area contributed by atoms with Crippen molar-refractivity contribution >= 4 is 35.0 Å². The largest absolute Gasteiger partial charge is 0.506 e. The number of fused-ring (bicyclic) bond motifs is 1. The van der Waals surface area contributed by atoms with Gasteiger partial charge in [0.25, 0.3) is 0 Å². The molecule has 2 atom stereocenters. The Morgan fingerprint density at radius 2 is 1.96 bits per heavy atom. The molecule has 2 N–H and O–H groups in total. The number of likely N-dealkylation sites (tertiary alicyclic amines) is 1. The number of phenolic OH excluding ortho intramolecular Hbond substituents is 1. The maximum absolute atomic E-state index is 12.4. The van der Waals surface area contributed by atoms with Gasteiger partial charge in [0.1, 0.15) is 5.75 Å². The summed E-state index contributed by atoms with van der Waals surface area (Å²) in [5.41, 5.74) is 0.297. The number of amides is 3. The minimum Gasteiger partial charge on any atom is -0.506 e. The molecule has 0 radical (unpaired) electrons. The fourth-order valence-electron chi connectivity index (χ4n) is 3.12. The molecule has 6 nitrogen and oxygen atoms in total. The third-order valence-electron chi connectivity index (χ3n) is 4.40. The van der Waals surface area contributed by atoms with E-state index in [1.165, 1.54) is 6.07 Å². The highest BCUT2D eigenvalue weighted by molar-refractivity contribution is 6.30. The number of nitrogens with zero attached hydrogens (tertiary/aromatic N) is 1. The molecule has 1 saturated heterocycles. The van der Waals surface area contributed by atoms with Crippen LogP contribution in [0.5, 0.6) is 5.75 Å². The molecular weight excluding hydrogens is 332 g/mol. The Kier molecular flexibility index (Phi) is 4.57. The lowest BCUT2D eigenvalue weighted by atomic mass is 9.85. The third-order valence-corrected chi connectivity index (χ3v) is 4.71. The van der Waals surface area contributed by atoms with Gasteiger partial charge in [-0.15, -0.1) is 0 Å². The van der Waals surface area contributed by atoms with Crippen molar-refractivity contribution < 1.29 is 19.5 Å². The van der Waals surface area contributed by atoms with Crippen LogP contribution in [-0.4, -0.2) is 34.3 Å². The predicted molar refractivity (Wildman–Crippen MR) is 88.2 cm³/mol. The van der Waals surface area contributed by atoms with E-state index in [2.05, 4.69) is 5.32 Å². The molecule has 0 spiro atoms. The van der Waals surface area contributed by atoms with Crippen molar-refractivity contribution in [3.63, 3.8) is 0 Å². The van der Waals surface area contributed by atoms with Gasteiger partial charge < -0.3 is 10.4 Å². The van der Waals surface area contributed by atoms with Crippen molar-refractivity contribution in [1.82, 2.24) is 4.90 Å². The number of carbonyl (C=O) groups excluding carboxylic acids is 3. The van der Waals surface area contributed by atoms with Gasteiger partial charge in [0.15, 0.2) is 0 Å². The number of carbonyl (C=O) groups is 3. The van der Waals surface area contributed by atoms with Crippen molar-refractivity contribution in [3.8, 4) is 5.75 Å². The number of nitrogens with one attached hydrogen (secondary N) is 1. The molecule has 126 valence electrons. The van der Waals surface area contributed by atoms with Crippen LogP contribution >= 0.6 is 11.6 Å². The van der Waals surface area contributed by atoms with Gasteiger partial charge in [-0.05, 0) is 25.0 Å². The Morgan fingerprint density at radius 3 is 2.71 bits per heavy atom. The summed E-state index contributed by atoms with van der Waals surface area (Å²) in [6.07, 6.45) is 2.61. The molecular formula is C17H17ClN2O4. The predicted octanol–water partition coefficient (Wildman–Crippen LogP) is 2.24. The zero-order valence-corrected chi connectivity index (χ0v) is 13.6. The molecule has 24 heavy (non-hydrogen) atoms. The summed E-state index contributed by atoms with van der Waals surface area (Å²) in [4.78, 5) is 37.9. The van der Waals surface area contributed by atoms with Gasteiger partial charge >= 0.3 is 0 Å². The first-order chi connectivity index (χ1) is 11.5. The minimum atomic E-state index is -0.406. The Balaban J connectivity index is 1.59. The number of phenols is 1.